The molecule has 0 spiro atoms. The minimum atomic E-state index is -0.722. The Morgan fingerprint density at radius 1 is 1.88 bits per heavy atom. The number of hydrogen-bond acceptors (Lipinski definition) is 3. The molecule has 8 heavy (non-hydrogen) atoms. The van der Waals surface area contributed by atoms with Crippen molar-refractivity contribution in [1.82, 2.24) is 0 Å². The molecule has 48 valence electrons. The maximum Gasteiger partial charge on any atom is 0.173 e. The van der Waals surface area contributed by atoms with Gasteiger partial charge in [0, 0.05) is 6.61 Å². The van der Waals surface area contributed by atoms with Crippen molar-refractivity contribution in [3.63, 3.8) is 0 Å². The molecule has 0 aliphatic rings. The van der Waals surface area contributed by atoms with Gasteiger partial charge in [-0.15, -0.1) is 0 Å². The first kappa shape index (κ1) is 7.59. The van der Waals surface area contributed by atoms with Crippen LogP contribution in [0.2, 0.25) is 0 Å². The molecule has 0 fully saturated rings. The van der Waals surface area contributed by atoms with E-state index in [1.165, 1.54) is 6.92 Å². The molecule has 0 saturated heterocycles. The lowest BCUT2D eigenvalue weighted by Crippen LogP contribution is -2.31. The molecule has 3 heteroatoms. The zero-order valence-corrected chi connectivity index (χ0v) is 5.18. The van der Waals surface area contributed by atoms with Crippen LogP contribution in [0.1, 0.15) is 13.8 Å². The van der Waals surface area contributed by atoms with Gasteiger partial charge in [0.15, 0.2) is 12.0 Å². The summed E-state index contributed by atoms with van der Waals surface area (Å²) in [5.41, 5.74) is 5.16. The summed E-state index contributed by atoms with van der Waals surface area (Å²) in [5.74, 6) is -0.133. The van der Waals surface area contributed by atoms with Crippen molar-refractivity contribution in [2.45, 2.75) is 20.1 Å². The molecule has 0 aromatic carbocycles. The fourth-order valence-corrected chi connectivity index (χ4v) is 0.297. The van der Waals surface area contributed by atoms with Crippen molar-refractivity contribution in [2.24, 2.45) is 5.73 Å². The van der Waals surface area contributed by atoms with Gasteiger partial charge in [-0.05, 0) is 13.8 Å². The summed E-state index contributed by atoms with van der Waals surface area (Å²) >= 11 is 0. The number of carbonyl (C=O) groups is 1. The van der Waals surface area contributed by atoms with E-state index in [-0.39, 0.29) is 5.78 Å². The second kappa shape index (κ2) is 3.57. The average molecular weight is 117 g/mol. The summed E-state index contributed by atoms with van der Waals surface area (Å²) in [5, 5.41) is 0. The van der Waals surface area contributed by atoms with Crippen LogP contribution in [0.15, 0.2) is 0 Å². The summed E-state index contributed by atoms with van der Waals surface area (Å²) < 4.78 is 4.73. The molecule has 0 saturated carbocycles. The largest absolute Gasteiger partial charge is 0.356 e. The van der Waals surface area contributed by atoms with Crippen LogP contribution in [0, 0.1) is 0 Å². The third-order valence-corrected chi connectivity index (χ3v) is 0.747. The van der Waals surface area contributed by atoms with Gasteiger partial charge < -0.3 is 4.74 Å². The Bertz CT molecular complexity index is 82.5. The zero-order chi connectivity index (χ0) is 6.57. The van der Waals surface area contributed by atoms with Crippen LogP contribution in [0.4, 0.5) is 0 Å². The third-order valence-electron chi connectivity index (χ3n) is 0.747. The SMILES string of the molecule is CCOC(N)C(C)=O. The Balaban J connectivity index is 3.32. The Hall–Kier alpha value is -0.410. The molecule has 0 rings (SSSR count). The molecule has 3 nitrogen and oxygen atoms in total. The van der Waals surface area contributed by atoms with Crippen LogP contribution in [-0.2, 0) is 9.53 Å². The quantitative estimate of drug-likeness (QED) is 0.525. The second-order valence-electron chi connectivity index (χ2n) is 1.49. The summed E-state index contributed by atoms with van der Waals surface area (Å²) in [4.78, 5) is 10.3. The molecule has 0 aliphatic carbocycles. The molecule has 0 heterocycles. The van der Waals surface area contributed by atoms with Gasteiger partial charge in [-0.25, -0.2) is 0 Å². The molecule has 1 atom stereocenters. The van der Waals surface area contributed by atoms with E-state index in [4.69, 9.17) is 10.5 Å². The Kier molecular flexibility index (Phi) is 3.39. The minimum Gasteiger partial charge on any atom is -0.356 e. The monoisotopic (exact) mass is 117 g/mol. The maximum absolute atomic E-state index is 10.3. The highest BCUT2D eigenvalue weighted by atomic mass is 16.5. The van der Waals surface area contributed by atoms with Crippen LogP contribution < -0.4 is 5.73 Å². The first-order valence-electron chi connectivity index (χ1n) is 2.56. The van der Waals surface area contributed by atoms with Gasteiger partial charge in [-0.2, -0.15) is 0 Å². The first-order valence-corrected chi connectivity index (χ1v) is 2.56. The normalized spacial score (nSPS) is 13.4. The Morgan fingerprint density at radius 3 is 2.50 bits per heavy atom. The third kappa shape index (κ3) is 2.71. The summed E-state index contributed by atoms with van der Waals surface area (Å²) in [6.45, 7) is 3.68. The smallest absolute Gasteiger partial charge is 0.173 e. The summed E-state index contributed by atoms with van der Waals surface area (Å²) in [6, 6.07) is 0. The topological polar surface area (TPSA) is 52.3 Å². The molecule has 0 radical (unpaired) electrons. The number of ether oxygens (including phenoxy) is 1. The van der Waals surface area contributed by atoms with E-state index in [2.05, 4.69) is 0 Å². The van der Waals surface area contributed by atoms with E-state index in [0.29, 0.717) is 6.61 Å². The number of rotatable bonds is 3. The molecule has 0 aromatic rings. The van der Waals surface area contributed by atoms with Crippen molar-refractivity contribution in [3.05, 3.63) is 0 Å². The minimum absolute atomic E-state index is 0.133. The summed E-state index contributed by atoms with van der Waals surface area (Å²) in [6.07, 6.45) is -0.722. The van der Waals surface area contributed by atoms with E-state index in [1.54, 1.807) is 6.92 Å². The number of hydrogen-bond donors (Lipinski definition) is 1. The lowest BCUT2D eigenvalue weighted by molar-refractivity contribution is -0.127. The summed E-state index contributed by atoms with van der Waals surface area (Å²) in [7, 11) is 0. The Morgan fingerprint density at radius 2 is 2.38 bits per heavy atom. The van der Waals surface area contributed by atoms with Gasteiger partial charge in [0.25, 0.3) is 0 Å². The van der Waals surface area contributed by atoms with Crippen LogP contribution in [-0.4, -0.2) is 18.6 Å². The predicted molar refractivity (Wildman–Crippen MR) is 30.3 cm³/mol. The van der Waals surface area contributed by atoms with Crippen molar-refractivity contribution < 1.29 is 9.53 Å². The van der Waals surface area contributed by atoms with Gasteiger partial charge in [0.05, 0.1) is 0 Å². The van der Waals surface area contributed by atoms with Crippen molar-refractivity contribution >= 4 is 5.78 Å². The van der Waals surface area contributed by atoms with Crippen LogP contribution >= 0.6 is 0 Å². The lowest BCUT2D eigenvalue weighted by Gasteiger charge is -2.04. The van der Waals surface area contributed by atoms with Gasteiger partial charge in [-0.3, -0.25) is 10.5 Å². The van der Waals surface area contributed by atoms with E-state index in [1.807, 2.05) is 0 Å². The standard InChI is InChI=1S/C5H11NO2/c1-3-8-5(6)4(2)7/h5H,3,6H2,1-2H3. The average Bonchev–Trinajstić information content (AvgIpc) is 1.67. The highest BCUT2D eigenvalue weighted by Gasteiger charge is 2.04. The molecule has 2 N–H and O–H groups in total. The molecule has 0 aromatic heterocycles. The van der Waals surface area contributed by atoms with Crippen LogP contribution in [0.25, 0.3) is 0 Å². The molecule has 0 bridgehead atoms. The van der Waals surface area contributed by atoms with Gasteiger partial charge >= 0.3 is 0 Å². The van der Waals surface area contributed by atoms with E-state index in [9.17, 15) is 4.79 Å². The number of ketones is 1. The maximum atomic E-state index is 10.3. The predicted octanol–water partition coefficient (Wildman–Crippen LogP) is -0.103. The first-order chi connectivity index (χ1) is 3.68. The highest BCUT2D eigenvalue weighted by molar-refractivity contribution is 5.79. The van der Waals surface area contributed by atoms with Crippen molar-refractivity contribution in [3.8, 4) is 0 Å². The molecule has 1 unspecified atom stereocenters. The number of nitrogens with two attached hydrogens (primary N) is 1. The van der Waals surface area contributed by atoms with E-state index >= 15 is 0 Å². The molecular weight excluding hydrogens is 106 g/mol. The molecule has 0 aliphatic heterocycles. The fraction of sp³-hybridized carbons (Fsp3) is 0.800. The van der Waals surface area contributed by atoms with E-state index < -0.39 is 6.23 Å². The van der Waals surface area contributed by atoms with Crippen molar-refractivity contribution in [1.29, 1.82) is 0 Å². The zero-order valence-electron chi connectivity index (χ0n) is 5.18. The van der Waals surface area contributed by atoms with Gasteiger partial charge in [0.2, 0.25) is 0 Å². The lowest BCUT2D eigenvalue weighted by atomic mass is 10.4. The van der Waals surface area contributed by atoms with Gasteiger partial charge in [0.1, 0.15) is 0 Å². The van der Waals surface area contributed by atoms with Crippen LogP contribution in [0.3, 0.4) is 0 Å². The van der Waals surface area contributed by atoms with Gasteiger partial charge in [-0.1, -0.05) is 0 Å². The number of carbonyl (C=O) groups excluding carboxylic acids is 1. The molecule has 0 amide bonds. The van der Waals surface area contributed by atoms with Crippen LogP contribution in [0.5, 0.6) is 0 Å². The highest BCUT2D eigenvalue weighted by Crippen LogP contribution is 1.81. The molecular formula is C5H11NO2. The van der Waals surface area contributed by atoms with E-state index in [0.717, 1.165) is 0 Å². The Labute approximate surface area is 48.8 Å². The second-order valence-corrected chi connectivity index (χ2v) is 1.49. The van der Waals surface area contributed by atoms with Crippen molar-refractivity contribution in [2.75, 3.05) is 6.61 Å². The fourth-order valence-electron chi connectivity index (χ4n) is 0.297. The number of Topliss-reactive ketones (excluding diaryl/α,β-unsaturated/α-hetero) is 1.